The number of alkyl halides is 1. The Hall–Kier alpha value is -0.240. The molecule has 0 heterocycles. The standard InChI is InChI=1S/C7H12ClNO/c1-5-4-6(5)7(10)9-3-2-8/h5-6H,2-4H2,1H3,(H,9,10). The minimum Gasteiger partial charge on any atom is -0.355 e. The topological polar surface area (TPSA) is 29.1 Å². The van der Waals surface area contributed by atoms with Crippen LogP contribution in [0.3, 0.4) is 0 Å². The molecule has 2 atom stereocenters. The van der Waals surface area contributed by atoms with Gasteiger partial charge in [0.2, 0.25) is 5.91 Å². The van der Waals surface area contributed by atoms with E-state index in [1.807, 2.05) is 0 Å². The summed E-state index contributed by atoms with van der Waals surface area (Å²) in [5.74, 6) is 1.55. The van der Waals surface area contributed by atoms with Crippen LogP contribution in [0.2, 0.25) is 0 Å². The van der Waals surface area contributed by atoms with E-state index in [-0.39, 0.29) is 11.8 Å². The van der Waals surface area contributed by atoms with Gasteiger partial charge in [0.25, 0.3) is 0 Å². The number of hydrogen-bond donors (Lipinski definition) is 1. The van der Waals surface area contributed by atoms with Crippen LogP contribution in [0.25, 0.3) is 0 Å². The van der Waals surface area contributed by atoms with Gasteiger partial charge < -0.3 is 5.32 Å². The highest BCUT2D eigenvalue weighted by atomic mass is 35.5. The maximum absolute atomic E-state index is 11.0. The van der Waals surface area contributed by atoms with Crippen LogP contribution in [0.5, 0.6) is 0 Å². The number of amides is 1. The highest BCUT2D eigenvalue weighted by Gasteiger charge is 2.38. The van der Waals surface area contributed by atoms with Crippen molar-refractivity contribution >= 4 is 17.5 Å². The van der Waals surface area contributed by atoms with Gasteiger partial charge >= 0.3 is 0 Å². The lowest BCUT2D eigenvalue weighted by molar-refractivity contribution is -0.122. The van der Waals surface area contributed by atoms with E-state index in [9.17, 15) is 4.79 Å². The Kier molecular flexibility index (Phi) is 2.55. The van der Waals surface area contributed by atoms with Gasteiger partial charge in [0.15, 0.2) is 0 Å². The molecule has 0 saturated heterocycles. The number of rotatable bonds is 3. The number of hydrogen-bond acceptors (Lipinski definition) is 1. The van der Waals surface area contributed by atoms with Gasteiger partial charge in [0, 0.05) is 18.3 Å². The predicted molar refractivity (Wildman–Crippen MR) is 41.0 cm³/mol. The Morgan fingerprint density at radius 2 is 2.40 bits per heavy atom. The van der Waals surface area contributed by atoms with Crippen LogP contribution < -0.4 is 5.32 Å². The van der Waals surface area contributed by atoms with E-state index in [2.05, 4.69) is 12.2 Å². The Morgan fingerprint density at radius 1 is 1.80 bits per heavy atom. The summed E-state index contributed by atoms with van der Waals surface area (Å²) >= 11 is 5.39. The van der Waals surface area contributed by atoms with E-state index in [1.54, 1.807) is 0 Å². The van der Waals surface area contributed by atoms with Crippen LogP contribution >= 0.6 is 11.6 Å². The molecule has 1 fully saturated rings. The molecule has 2 nitrogen and oxygen atoms in total. The molecule has 0 bridgehead atoms. The van der Waals surface area contributed by atoms with Crippen molar-refractivity contribution in [2.75, 3.05) is 12.4 Å². The lowest BCUT2D eigenvalue weighted by atomic mass is 10.3. The van der Waals surface area contributed by atoms with Crippen molar-refractivity contribution in [2.24, 2.45) is 11.8 Å². The van der Waals surface area contributed by atoms with Crippen molar-refractivity contribution in [3.05, 3.63) is 0 Å². The molecule has 1 rings (SSSR count). The van der Waals surface area contributed by atoms with Crippen molar-refractivity contribution in [3.63, 3.8) is 0 Å². The summed E-state index contributed by atoms with van der Waals surface area (Å²) in [5.41, 5.74) is 0. The highest BCUT2D eigenvalue weighted by Crippen LogP contribution is 2.37. The van der Waals surface area contributed by atoms with E-state index in [0.717, 1.165) is 6.42 Å². The molecule has 1 aliphatic carbocycles. The van der Waals surface area contributed by atoms with E-state index in [1.165, 1.54) is 0 Å². The normalized spacial score (nSPS) is 29.8. The SMILES string of the molecule is CC1CC1C(=O)NCCCl. The second-order valence-corrected chi connectivity index (χ2v) is 3.18. The molecule has 0 spiro atoms. The molecule has 0 aliphatic heterocycles. The zero-order chi connectivity index (χ0) is 7.56. The first-order valence-electron chi connectivity index (χ1n) is 3.59. The lowest BCUT2D eigenvalue weighted by Gasteiger charge is -1.99. The van der Waals surface area contributed by atoms with E-state index in [0.29, 0.717) is 18.3 Å². The highest BCUT2D eigenvalue weighted by molar-refractivity contribution is 6.18. The average molecular weight is 162 g/mol. The van der Waals surface area contributed by atoms with Gasteiger partial charge in [-0.15, -0.1) is 11.6 Å². The van der Waals surface area contributed by atoms with Gasteiger partial charge in [0.1, 0.15) is 0 Å². The molecule has 0 aromatic rings. The number of nitrogens with one attached hydrogen (secondary N) is 1. The fourth-order valence-electron chi connectivity index (χ4n) is 0.989. The molecule has 1 saturated carbocycles. The fraction of sp³-hybridized carbons (Fsp3) is 0.857. The third kappa shape index (κ3) is 1.87. The summed E-state index contributed by atoms with van der Waals surface area (Å²) in [6, 6.07) is 0. The molecule has 1 N–H and O–H groups in total. The van der Waals surface area contributed by atoms with E-state index in [4.69, 9.17) is 11.6 Å². The molecule has 10 heavy (non-hydrogen) atoms. The quantitative estimate of drug-likeness (QED) is 0.615. The van der Waals surface area contributed by atoms with Crippen LogP contribution in [0.15, 0.2) is 0 Å². The zero-order valence-corrected chi connectivity index (χ0v) is 6.82. The van der Waals surface area contributed by atoms with Gasteiger partial charge in [0.05, 0.1) is 0 Å². The zero-order valence-electron chi connectivity index (χ0n) is 6.06. The van der Waals surface area contributed by atoms with Crippen molar-refractivity contribution in [1.29, 1.82) is 0 Å². The molecule has 1 aliphatic rings. The summed E-state index contributed by atoms with van der Waals surface area (Å²) in [7, 11) is 0. The average Bonchev–Trinajstić information content (AvgIpc) is 2.62. The summed E-state index contributed by atoms with van der Waals surface area (Å²) in [4.78, 5) is 11.0. The molecular formula is C7H12ClNO. The number of halogens is 1. The Morgan fingerprint density at radius 3 is 2.80 bits per heavy atom. The van der Waals surface area contributed by atoms with E-state index < -0.39 is 0 Å². The smallest absolute Gasteiger partial charge is 0.223 e. The van der Waals surface area contributed by atoms with Crippen molar-refractivity contribution < 1.29 is 4.79 Å². The lowest BCUT2D eigenvalue weighted by Crippen LogP contribution is -2.27. The third-order valence-electron chi connectivity index (χ3n) is 1.84. The first-order chi connectivity index (χ1) is 4.75. The molecule has 0 radical (unpaired) electrons. The minimum absolute atomic E-state index is 0.174. The van der Waals surface area contributed by atoms with Crippen molar-refractivity contribution in [2.45, 2.75) is 13.3 Å². The maximum Gasteiger partial charge on any atom is 0.223 e. The van der Waals surface area contributed by atoms with Gasteiger partial charge in [-0.05, 0) is 12.3 Å². The molecule has 2 unspecified atom stereocenters. The number of carbonyl (C=O) groups is 1. The van der Waals surface area contributed by atoms with Crippen LogP contribution in [0.4, 0.5) is 0 Å². The summed E-state index contributed by atoms with van der Waals surface area (Å²) in [5, 5.41) is 2.75. The fourth-order valence-corrected chi connectivity index (χ4v) is 1.08. The van der Waals surface area contributed by atoms with Crippen LogP contribution in [0, 0.1) is 11.8 Å². The Labute approximate surface area is 65.9 Å². The second kappa shape index (κ2) is 3.24. The maximum atomic E-state index is 11.0. The molecular weight excluding hydrogens is 150 g/mol. The first-order valence-corrected chi connectivity index (χ1v) is 4.13. The first kappa shape index (κ1) is 7.86. The molecule has 58 valence electrons. The van der Waals surface area contributed by atoms with Crippen LogP contribution in [-0.2, 0) is 4.79 Å². The largest absolute Gasteiger partial charge is 0.355 e. The molecule has 0 aromatic heterocycles. The second-order valence-electron chi connectivity index (χ2n) is 2.80. The summed E-state index contributed by atoms with van der Waals surface area (Å²) in [6.07, 6.45) is 1.05. The summed E-state index contributed by atoms with van der Waals surface area (Å²) in [6.45, 7) is 2.69. The minimum atomic E-state index is 0.174. The van der Waals surface area contributed by atoms with Crippen LogP contribution in [0.1, 0.15) is 13.3 Å². The van der Waals surface area contributed by atoms with Crippen molar-refractivity contribution in [1.82, 2.24) is 5.32 Å². The van der Waals surface area contributed by atoms with Crippen LogP contribution in [-0.4, -0.2) is 18.3 Å². The Balaban J connectivity index is 2.11. The molecule has 1 amide bonds. The van der Waals surface area contributed by atoms with Crippen molar-refractivity contribution in [3.8, 4) is 0 Å². The van der Waals surface area contributed by atoms with Gasteiger partial charge in [-0.3, -0.25) is 4.79 Å². The summed E-state index contributed by atoms with van der Waals surface area (Å²) < 4.78 is 0. The number of carbonyl (C=O) groups excluding carboxylic acids is 1. The third-order valence-corrected chi connectivity index (χ3v) is 2.03. The monoisotopic (exact) mass is 161 g/mol. The molecule has 3 heteroatoms. The molecule has 0 aromatic carbocycles. The predicted octanol–water partition coefficient (Wildman–Crippen LogP) is 0.997. The Bertz CT molecular complexity index is 138. The van der Waals surface area contributed by atoms with E-state index >= 15 is 0 Å². The van der Waals surface area contributed by atoms with Gasteiger partial charge in [-0.25, -0.2) is 0 Å². The van der Waals surface area contributed by atoms with Gasteiger partial charge in [-0.2, -0.15) is 0 Å². The van der Waals surface area contributed by atoms with Gasteiger partial charge in [-0.1, -0.05) is 6.92 Å².